The summed E-state index contributed by atoms with van der Waals surface area (Å²) in [5, 5.41) is 30.3. The molecule has 0 saturated heterocycles. The molecule has 0 aromatic heterocycles. The fourth-order valence-electron chi connectivity index (χ4n) is 1.47. The molecule has 0 aliphatic heterocycles. The van der Waals surface area contributed by atoms with Gasteiger partial charge in [-0.25, -0.2) is 0 Å². The van der Waals surface area contributed by atoms with Crippen LogP contribution in [0.5, 0.6) is 0 Å². The predicted molar refractivity (Wildman–Crippen MR) is 66.3 cm³/mol. The number of nitro groups is 2. The molecule has 0 spiro atoms. The van der Waals surface area contributed by atoms with Crippen LogP contribution in [0, 0.1) is 31.6 Å². The molecule has 1 atom stereocenters. The number of nitrogens with zero attached hydrogens (tertiary/aromatic N) is 4. The van der Waals surface area contributed by atoms with Gasteiger partial charge in [0.25, 0.3) is 11.4 Å². The molecule has 0 radical (unpaired) electrons. The van der Waals surface area contributed by atoms with Gasteiger partial charge in [0.2, 0.25) is 0 Å². The summed E-state index contributed by atoms with van der Waals surface area (Å²) in [7, 11) is 1.65. The molecule has 1 unspecified atom stereocenters. The summed E-state index contributed by atoms with van der Waals surface area (Å²) in [6.45, 7) is 1.83. The van der Waals surface area contributed by atoms with Crippen LogP contribution in [0.25, 0.3) is 0 Å². The van der Waals surface area contributed by atoms with Crippen molar-refractivity contribution in [3.63, 3.8) is 0 Å². The van der Waals surface area contributed by atoms with Gasteiger partial charge in [-0.15, -0.1) is 0 Å². The third-order valence-electron chi connectivity index (χ3n) is 2.74. The third-order valence-corrected chi connectivity index (χ3v) is 2.74. The molecular weight excluding hydrogens is 252 g/mol. The first-order valence-corrected chi connectivity index (χ1v) is 5.38. The van der Waals surface area contributed by atoms with E-state index in [9.17, 15) is 20.2 Å². The van der Waals surface area contributed by atoms with Gasteiger partial charge in [-0.1, -0.05) is 0 Å². The molecule has 8 nitrogen and oxygen atoms in total. The number of nitriles is 1. The van der Waals surface area contributed by atoms with E-state index in [-0.39, 0.29) is 17.9 Å². The van der Waals surface area contributed by atoms with E-state index in [4.69, 9.17) is 5.26 Å². The SMILES string of the molecule is CC(C#N)N(C)Cc1ccc([N+](=O)[O-])cc1[N+](=O)[O-]. The maximum atomic E-state index is 10.9. The lowest BCUT2D eigenvalue weighted by atomic mass is 10.1. The highest BCUT2D eigenvalue weighted by Crippen LogP contribution is 2.25. The van der Waals surface area contributed by atoms with Gasteiger partial charge in [-0.2, -0.15) is 5.26 Å². The second kappa shape index (κ2) is 5.88. The molecule has 19 heavy (non-hydrogen) atoms. The number of nitro benzene ring substituents is 2. The highest BCUT2D eigenvalue weighted by atomic mass is 16.6. The summed E-state index contributed by atoms with van der Waals surface area (Å²) in [6.07, 6.45) is 0. The first kappa shape index (κ1) is 14.5. The van der Waals surface area contributed by atoms with Gasteiger partial charge in [0, 0.05) is 18.2 Å². The van der Waals surface area contributed by atoms with Gasteiger partial charge in [0.1, 0.15) is 0 Å². The minimum absolute atomic E-state index is 0.170. The monoisotopic (exact) mass is 264 g/mol. The number of benzene rings is 1. The Morgan fingerprint density at radius 2 is 2.00 bits per heavy atom. The van der Waals surface area contributed by atoms with Crippen LogP contribution in [0.15, 0.2) is 18.2 Å². The summed E-state index contributed by atoms with van der Waals surface area (Å²) in [6, 6.07) is 5.09. The molecule has 0 bridgehead atoms. The Labute approximate surface area is 109 Å². The molecule has 0 aliphatic rings. The lowest BCUT2D eigenvalue weighted by molar-refractivity contribution is -0.394. The Balaban J connectivity index is 3.11. The maximum Gasteiger partial charge on any atom is 0.280 e. The zero-order valence-electron chi connectivity index (χ0n) is 10.4. The smallest absolute Gasteiger partial charge is 0.280 e. The van der Waals surface area contributed by atoms with Crippen LogP contribution in [0.3, 0.4) is 0 Å². The predicted octanol–water partition coefficient (Wildman–Crippen LogP) is 1.85. The van der Waals surface area contributed by atoms with Crippen molar-refractivity contribution in [3.8, 4) is 6.07 Å². The van der Waals surface area contributed by atoms with Crippen molar-refractivity contribution in [2.24, 2.45) is 0 Å². The summed E-state index contributed by atoms with van der Waals surface area (Å²) in [5.74, 6) is 0. The molecule has 8 heteroatoms. The van der Waals surface area contributed by atoms with Crippen LogP contribution in [-0.4, -0.2) is 27.8 Å². The van der Waals surface area contributed by atoms with Crippen LogP contribution in [0.4, 0.5) is 11.4 Å². The van der Waals surface area contributed by atoms with Gasteiger partial charge in [0.05, 0.1) is 28.0 Å². The molecule has 100 valence electrons. The summed E-state index contributed by atoms with van der Waals surface area (Å²) in [5.41, 5.74) is -0.308. The minimum Gasteiger partial charge on any atom is -0.287 e. The van der Waals surface area contributed by atoms with Crippen molar-refractivity contribution in [2.45, 2.75) is 19.5 Å². The average molecular weight is 264 g/mol. The van der Waals surface area contributed by atoms with Gasteiger partial charge >= 0.3 is 0 Å². The van der Waals surface area contributed by atoms with Crippen molar-refractivity contribution in [2.75, 3.05) is 7.05 Å². The topological polar surface area (TPSA) is 113 Å². The van der Waals surface area contributed by atoms with Crippen molar-refractivity contribution >= 4 is 11.4 Å². The van der Waals surface area contributed by atoms with Crippen LogP contribution < -0.4 is 0 Å². The maximum absolute atomic E-state index is 10.9. The molecule has 0 aliphatic carbocycles. The van der Waals surface area contributed by atoms with E-state index in [1.54, 1.807) is 18.9 Å². The van der Waals surface area contributed by atoms with E-state index in [1.165, 1.54) is 12.1 Å². The van der Waals surface area contributed by atoms with E-state index in [0.29, 0.717) is 5.56 Å². The zero-order chi connectivity index (χ0) is 14.6. The van der Waals surface area contributed by atoms with E-state index >= 15 is 0 Å². The Morgan fingerprint density at radius 1 is 1.37 bits per heavy atom. The zero-order valence-corrected chi connectivity index (χ0v) is 10.4. The van der Waals surface area contributed by atoms with Gasteiger partial charge < -0.3 is 0 Å². The molecule has 1 aromatic carbocycles. The molecule has 0 saturated carbocycles. The fourth-order valence-corrected chi connectivity index (χ4v) is 1.47. The lowest BCUT2D eigenvalue weighted by Gasteiger charge is -2.18. The van der Waals surface area contributed by atoms with Crippen LogP contribution in [0.2, 0.25) is 0 Å². The second-order valence-electron chi connectivity index (χ2n) is 4.05. The van der Waals surface area contributed by atoms with Crippen molar-refractivity contribution in [1.82, 2.24) is 4.90 Å². The largest absolute Gasteiger partial charge is 0.287 e. The summed E-state index contributed by atoms with van der Waals surface area (Å²) < 4.78 is 0. The molecule has 0 N–H and O–H groups in total. The summed E-state index contributed by atoms with van der Waals surface area (Å²) >= 11 is 0. The number of non-ortho nitro benzene ring substituents is 1. The van der Waals surface area contributed by atoms with Gasteiger partial charge in [0.15, 0.2) is 0 Å². The van der Waals surface area contributed by atoms with E-state index in [0.717, 1.165) is 6.07 Å². The molecular formula is C11H12N4O4. The molecule has 0 amide bonds. The number of hydrogen-bond acceptors (Lipinski definition) is 6. The molecule has 0 fully saturated rings. The van der Waals surface area contributed by atoms with E-state index in [2.05, 4.69) is 0 Å². The second-order valence-corrected chi connectivity index (χ2v) is 4.05. The van der Waals surface area contributed by atoms with Gasteiger partial charge in [-0.05, 0) is 20.0 Å². The first-order valence-electron chi connectivity index (χ1n) is 5.38. The molecule has 1 rings (SSSR count). The standard InChI is InChI=1S/C11H12N4O4/c1-8(6-12)13(2)7-9-3-4-10(14(16)17)5-11(9)15(18)19/h3-5,8H,7H2,1-2H3. The van der Waals surface area contributed by atoms with Crippen LogP contribution >= 0.6 is 0 Å². The Hall–Kier alpha value is -2.53. The van der Waals surface area contributed by atoms with Crippen molar-refractivity contribution in [3.05, 3.63) is 44.0 Å². The fraction of sp³-hybridized carbons (Fsp3) is 0.364. The highest BCUT2D eigenvalue weighted by molar-refractivity contribution is 5.49. The third kappa shape index (κ3) is 3.46. The quantitative estimate of drug-likeness (QED) is 0.592. The Bertz CT molecular complexity index is 552. The van der Waals surface area contributed by atoms with E-state index < -0.39 is 15.9 Å². The normalized spacial score (nSPS) is 11.9. The van der Waals surface area contributed by atoms with Crippen LogP contribution in [-0.2, 0) is 6.54 Å². The van der Waals surface area contributed by atoms with Crippen molar-refractivity contribution in [1.29, 1.82) is 5.26 Å². The average Bonchev–Trinajstić information content (AvgIpc) is 2.37. The summed E-state index contributed by atoms with van der Waals surface area (Å²) in [4.78, 5) is 21.8. The minimum atomic E-state index is -0.682. The number of hydrogen-bond donors (Lipinski definition) is 0. The van der Waals surface area contributed by atoms with Crippen LogP contribution in [0.1, 0.15) is 12.5 Å². The molecule has 1 aromatic rings. The number of rotatable bonds is 5. The lowest BCUT2D eigenvalue weighted by Crippen LogP contribution is -2.27. The Kier molecular flexibility index (Phi) is 4.50. The first-order chi connectivity index (χ1) is 8.86. The van der Waals surface area contributed by atoms with Gasteiger partial charge in [-0.3, -0.25) is 25.1 Å². The van der Waals surface area contributed by atoms with Crippen molar-refractivity contribution < 1.29 is 9.85 Å². The molecule has 0 heterocycles. The Morgan fingerprint density at radius 3 is 2.47 bits per heavy atom. The highest BCUT2D eigenvalue weighted by Gasteiger charge is 2.21. The van der Waals surface area contributed by atoms with E-state index in [1.807, 2.05) is 6.07 Å².